The SMILES string of the molecule is C[C@H]1CCc2c(sc3ncn([C@H](C)C(=O)NN=Cc4ccccc4)c(=O)c23)C1. The number of nitrogens with zero attached hydrogens (tertiary/aromatic N) is 3. The summed E-state index contributed by atoms with van der Waals surface area (Å²) in [5, 5.41) is 4.67. The molecule has 0 radical (unpaired) electrons. The van der Waals surface area contributed by atoms with Crippen molar-refractivity contribution in [1.29, 1.82) is 0 Å². The van der Waals surface area contributed by atoms with E-state index < -0.39 is 6.04 Å². The van der Waals surface area contributed by atoms with Crippen LogP contribution in [0.1, 0.15) is 42.3 Å². The fourth-order valence-electron chi connectivity index (χ4n) is 3.55. The van der Waals surface area contributed by atoms with Crippen LogP contribution < -0.4 is 11.0 Å². The lowest BCUT2D eigenvalue weighted by Gasteiger charge is -2.18. The van der Waals surface area contributed by atoms with E-state index in [1.165, 1.54) is 15.8 Å². The third-order valence-corrected chi connectivity index (χ3v) is 6.39. The molecule has 0 aliphatic heterocycles. The molecule has 1 aliphatic carbocycles. The molecule has 7 heteroatoms. The van der Waals surface area contributed by atoms with Crippen LogP contribution in [0.4, 0.5) is 0 Å². The Balaban J connectivity index is 1.58. The molecule has 0 unspecified atom stereocenters. The van der Waals surface area contributed by atoms with Gasteiger partial charge in [-0.15, -0.1) is 11.3 Å². The second kappa shape index (κ2) is 7.67. The van der Waals surface area contributed by atoms with Crippen molar-refractivity contribution in [3.8, 4) is 0 Å². The molecule has 0 fully saturated rings. The molecule has 2 aromatic heterocycles. The normalized spacial score (nSPS) is 17.6. The van der Waals surface area contributed by atoms with Crippen molar-refractivity contribution in [1.82, 2.24) is 15.0 Å². The Labute approximate surface area is 166 Å². The molecular weight excluding hydrogens is 372 g/mol. The van der Waals surface area contributed by atoms with Gasteiger partial charge in [0.25, 0.3) is 11.5 Å². The van der Waals surface area contributed by atoms with Crippen LogP contribution in [0.2, 0.25) is 0 Å². The summed E-state index contributed by atoms with van der Waals surface area (Å²) in [6.45, 7) is 3.92. The van der Waals surface area contributed by atoms with E-state index in [2.05, 4.69) is 22.4 Å². The van der Waals surface area contributed by atoms with E-state index >= 15 is 0 Å². The van der Waals surface area contributed by atoms with Crippen LogP contribution in [-0.4, -0.2) is 21.7 Å². The first-order valence-corrected chi connectivity index (χ1v) is 10.3. The molecule has 0 saturated heterocycles. The van der Waals surface area contributed by atoms with E-state index in [9.17, 15) is 9.59 Å². The van der Waals surface area contributed by atoms with Crippen LogP contribution in [0, 0.1) is 5.92 Å². The highest BCUT2D eigenvalue weighted by atomic mass is 32.1. The number of fused-ring (bicyclic) bond motifs is 3. The first kappa shape index (κ1) is 18.6. The van der Waals surface area contributed by atoms with Gasteiger partial charge in [0.2, 0.25) is 0 Å². The molecule has 2 heterocycles. The van der Waals surface area contributed by atoms with Gasteiger partial charge in [0.1, 0.15) is 10.9 Å². The van der Waals surface area contributed by atoms with Crippen LogP contribution >= 0.6 is 11.3 Å². The Kier molecular flexibility index (Phi) is 5.09. The highest BCUT2D eigenvalue weighted by Gasteiger charge is 2.25. The Morgan fingerprint density at radius 2 is 2.18 bits per heavy atom. The summed E-state index contributed by atoms with van der Waals surface area (Å²) in [4.78, 5) is 32.1. The molecule has 1 aromatic carbocycles. The van der Waals surface area contributed by atoms with Crippen molar-refractivity contribution < 1.29 is 4.79 Å². The van der Waals surface area contributed by atoms with Crippen LogP contribution in [0.15, 0.2) is 46.6 Å². The second-order valence-corrected chi connectivity index (χ2v) is 8.39. The number of nitrogens with one attached hydrogen (secondary N) is 1. The zero-order valence-corrected chi connectivity index (χ0v) is 16.7. The van der Waals surface area contributed by atoms with Gasteiger partial charge in [-0.1, -0.05) is 37.3 Å². The van der Waals surface area contributed by atoms with Crippen LogP contribution in [0.25, 0.3) is 10.2 Å². The number of thiophene rings is 1. The Bertz CT molecular complexity index is 1100. The first-order valence-electron chi connectivity index (χ1n) is 9.44. The van der Waals surface area contributed by atoms with Gasteiger partial charge in [0, 0.05) is 4.88 Å². The zero-order valence-electron chi connectivity index (χ0n) is 15.9. The molecule has 1 aliphatic rings. The summed E-state index contributed by atoms with van der Waals surface area (Å²) in [7, 11) is 0. The van der Waals surface area contributed by atoms with E-state index in [-0.39, 0.29) is 11.5 Å². The van der Waals surface area contributed by atoms with Crippen LogP contribution in [-0.2, 0) is 17.6 Å². The molecule has 2 atom stereocenters. The fraction of sp³-hybridized carbons (Fsp3) is 0.333. The molecule has 0 spiro atoms. The van der Waals surface area contributed by atoms with Crippen LogP contribution in [0.3, 0.4) is 0 Å². The predicted octanol–water partition coefficient (Wildman–Crippen LogP) is 3.29. The summed E-state index contributed by atoms with van der Waals surface area (Å²) in [5.41, 5.74) is 4.37. The minimum absolute atomic E-state index is 0.147. The minimum atomic E-state index is -0.699. The van der Waals surface area contributed by atoms with Crippen molar-refractivity contribution in [2.75, 3.05) is 0 Å². The third-order valence-electron chi connectivity index (χ3n) is 5.23. The quantitative estimate of drug-likeness (QED) is 0.545. The van der Waals surface area contributed by atoms with Crippen LogP contribution in [0.5, 0.6) is 0 Å². The number of hydrogen-bond acceptors (Lipinski definition) is 5. The summed E-state index contributed by atoms with van der Waals surface area (Å²) in [6.07, 6.45) is 6.03. The van der Waals surface area contributed by atoms with Crippen molar-refractivity contribution in [3.63, 3.8) is 0 Å². The Morgan fingerprint density at radius 1 is 1.39 bits per heavy atom. The predicted molar refractivity (Wildman–Crippen MR) is 112 cm³/mol. The van der Waals surface area contributed by atoms with Crippen molar-refractivity contribution in [2.24, 2.45) is 11.0 Å². The highest BCUT2D eigenvalue weighted by Crippen LogP contribution is 2.35. The second-order valence-electron chi connectivity index (χ2n) is 7.31. The number of hydrogen-bond donors (Lipinski definition) is 1. The van der Waals surface area contributed by atoms with Crippen molar-refractivity contribution >= 4 is 33.7 Å². The van der Waals surface area contributed by atoms with Gasteiger partial charge < -0.3 is 0 Å². The van der Waals surface area contributed by atoms with Gasteiger partial charge >= 0.3 is 0 Å². The number of carbonyl (C=O) groups excluding carboxylic acids is 1. The maximum atomic E-state index is 13.1. The van der Waals surface area contributed by atoms with Gasteiger partial charge in [0.05, 0.1) is 17.9 Å². The molecule has 0 saturated carbocycles. The van der Waals surface area contributed by atoms with Crippen molar-refractivity contribution in [3.05, 3.63) is 63.0 Å². The molecule has 1 amide bonds. The average Bonchev–Trinajstić information content (AvgIpc) is 3.06. The first-order chi connectivity index (χ1) is 13.5. The smallest absolute Gasteiger partial charge is 0.263 e. The molecule has 1 N–H and O–H groups in total. The van der Waals surface area contributed by atoms with Gasteiger partial charge in [-0.05, 0) is 43.2 Å². The number of rotatable bonds is 4. The number of carbonyl (C=O) groups is 1. The molecule has 0 bridgehead atoms. The summed E-state index contributed by atoms with van der Waals surface area (Å²) in [5.74, 6) is 0.281. The Morgan fingerprint density at radius 3 is 2.96 bits per heavy atom. The lowest BCUT2D eigenvalue weighted by Crippen LogP contribution is -2.34. The Hall–Kier alpha value is -2.80. The summed E-state index contributed by atoms with van der Waals surface area (Å²) in [6, 6.07) is 8.79. The highest BCUT2D eigenvalue weighted by molar-refractivity contribution is 7.18. The summed E-state index contributed by atoms with van der Waals surface area (Å²) >= 11 is 1.61. The number of aryl methyl sites for hydroxylation is 1. The molecule has 144 valence electrons. The largest absolute Gasteiger partial charge is 0.286 e. The van der Waals surface area contributed by atoms with E-state index in [0.717, 1.165) is 35.2 Å². The molecule has 28 heavy (non-hydrogen) atoms. The average molecular weight is 395 g/mol. The van der Waals surface area contributed by atoms with E-state index in [1.54, 1.807) is 24.5 Å². The van der Waals surface area contributed by atoms with Gasteiger partial charge in [0.15, 0.2) is 0 Å². The van der Waals surface area contributed by atoms with Gasteiger partial charge in [-0.3, -0.25) is 14.2 Å². The number of hydrazone groups is 1. The third kappa shape index (κ3) is 3.49. The van der Waals surface area contributed by atoms with Gasteiger partial charge in [-0.2, -0.15) is 5.10 Å². The molecule has 3 aromatic rings. The number of benzene rings is 1. The monoisotopic (exact) mass is 394 g/mol. The van der Waals surface area contributed by atoms with E-state index in [1.807, 2.05) is 30.3 Å². The zero-order chi connectivity index (χ0) is 19.7. The molecule has 4 rings (SSSR count). The maximum absolute atomic E-state index is 13.1. The minimum Gasteiger partial charge on any atom is -0.286 e. The number of amides is 1. The lowest BCUT2D eigenvalue weighted by molar-refractivity contribution is -0.123. The van der Waals surface area contributed by atoms with E-state index in [4.69, 9.17) is 0 Å². The summed E-state index contributed by atoms with van der Waals surface area (Å²) < 4.78 is 1.40. The standard InChI is InChI=1S/C21H22N4O2S/c1-13-8-9-16-17(10-13)28-20-18(16)21(27)25(12-22-20)14(2)19(26)24-23-11-15-6-4-3-5-7-15/h3-7,11-14H,8-10H2,1-2H3,(H,24,26)/t13-,14+/m0/s1. The maximum Gasteiger partial charge on any atom is 0.263 e. The van der Waals surface area contributed by atoms with E-state index in [0.29, 0.717) is 11.3 Å². The molecular formula is C21H22N4O2S. The topological polar surface area (TPSA) is 76.3 Å². The van der Waals surface area contributed by atoms with Crippen molar-refractivity contribution in [2.45, 2.75) is 39.2 Å². The van der Waals surface area contributed by atoms with Gasteiger partial charge in [-0.25, -0.2) is 10.4 Å². The molecule has 6 nitrogen and oxygen atoms in total. The number of aromatic nitrogens is 2. The lowest BCUT2D eigenvalue weighted by atomic mass is 9.89. The fourth-order valence-corrected chi connectivity index (χ4v) is 4.89.